The van der Waals surface area contributed by atoms with E-state index in [0.29, 0.717) is 6.54 Å². The van der Waals surface area contributed by atoms with Crippen LogP contribution in [0.25, 0.3) is 0 Å². The second-order valence-electron chi connectivity index (χ2n) is 4.72. The molecule has 5 nitrogen and oxygen atoms in total. The van der Waals surface area contributed by atoms with Crippen molar-refractivity contribution in [3.8, 4) is 11.5 Å². The number of rotatable bonds is 4. The average Bonchev–Trinajstić information content (AvgIpc) is 2.46. The molecule has 1 aliphatic heterocycles. The topological polar surface area (TPSA) is 57.0 Å². The van der Waals surface area contributed by atoms with E-state index in [0.717, 1.165) is 30.2 Å². The van der Waals surface area contributed by atoms with Crippen LogP contribution in [0.3, 0.4) is 0 Å². The minimum Gasteiger partial charge on any atom is -0.497 e. The molecule has 2 rings (SSSR count). The van der Waals surface area contributed by atoms with Crippen LogP contribution in [0.2, 0.25) is 0 Å². The van der Waals surface area contributed by atoms with Gasteiger partial charge in [0, 0.05) is 19.2 Å². The monoisotopic (exact) mass is 266 g/mol. The molecule has 5 heteroatoms. The smallest absolute Gasteiger partial charge is 0.122 e. The quantitative estimate of drug-likeness (QED) is 0.882. The molecule has 1 aromatic rings. The van der Waals surface area contributed by atoms with Gasteiger partial charge in [-0.1, -0.05) is 0 Å². The highest BCUT2D eigenvalue weighted by Crippen LogP contribution is 2.33. The van der Waals surface area contributed by atoms with Gasteiger partial charge in [-0.25, -0.2) is 0 Å². The minimum absolute atomic E-state index is 0.00411. The summed E-state index contributed by atoms with van der Waals surface area (Å²) in [7, 11) is 5.39. The number of hydrogen-bond donors (Lipinski definition) is 1. The van der Waals surface area contributed by atoms with Gasteiger partial charge in [0.25, 0.3) is 0 Å². The summed E-state index contributed by atoms with van der Waals surface area (Å²) in [6.45, 7) is 2.10. The Kier molecular flexibility index (Phi) is 4.63. The van der Waals surface area contributed by atoms with Gasteiger partial charge in [0.05, 0.1) is 33.0 Å². The van der Waals surface area contributed by atoms with E-state index < -0.39 is 0 Å². The number of nitrogens with two attached hydrogens (primary N) is 1. The Morgan fingerprint density at radius 3 is 2.42 bits per heavy atom. The number of methoxy groups -OCH3 is 2. The second kappa shape index (κ2) is 6.23. The molecule has 0 amide bonds. The predicted octanol–water partition coefficient (Wildman–Crippen LogP) is 1.03. The molecule has 2 atom stereocenters. The third-order valence-corrected chi connectivity index (χ3v) is 3.55. The lowest BCUT2D eigenvalue weighted by Gasteiger charge is -2.39. The van der Waals surface area contributed by atoms with Crippen LogP contribution in [0.4, 0.5) is 0 Å². The lowest BCUT2D eigenvalue weighted by molar-refractivity contribution is -0.0577. The summed E-state index contributed by atoms with van der Waals surface area (Å²) in [5.74, 6) is 1.56. The molecule has 2 unspecified atom stereocenters. The van der Waals surface area contributed by atoms with Crippen LogP contribution in [0, 0.1) is 0 Å². The SMILES string of the molecule is COc1cc(OC)cc(C2C(CN)OCCN2C)c1. The third kappa shape index (κ3) is 3.00. The Balaban J connectivity index is 2.36. The van der Waals surface area contributed by atoms with E-state index in [2.05, 4.69) is 11.9 Å². The van der Waals surface area contributed by atoms with E-state index in [9.17, 15) is 0 Å². The van der Waals surface area contributed by atoms with Crippen LogP contribution >= 0.6 is 0 Å². The van der Waals surface area contributed by atoms with Crippen molar-refractivity contribution in [3.63, 3.8) is 0 Å². The van der Waals surface area contributed by atoms with E-state index in [1.165, 1.54) is 0 Å². The Hall–Kier alpha value is -1.30. The minimum atomic E-state index is -0.00411. The first-order valence-electron chi connectivity index (χ1n) is 6.44. The summed E-state index contributed by atoms with van der Waals surface area (Å²) >= 11 is 0. The van der Waals surface area contributed by atoms with Crippen LogP contribution in [-0.4, -0.2) is 52.0 Å². The Morgan fingerprint density at radius 2 is 1.89 bits per heavy atom. The van der Waals surface area contributed by atoms with E-state index in [1.807, 2.05) is 18.2 Å². The van der Waals surface area contributed by atoms with Crippen molar-refractivity contribution in [2.45, 2.75) is 12.1 Å². The maximum absolute atomic E-state index is 5.82. The first kappa shape index (κ1) is 14.1. The van der Waals surface area contributed by atoms with E-state index in [-0.39, 0.29) is 12.1 Å². The van der Waals surface area contributed by atoms with Crippen molar-refractivity contribution in [2.75, 3.05) is 41.0 Å². The summed E-state index contributed by atoms with van der Waals surface area (Å²) in [6, 6.07) is 6.02. The molecule has 0 bridgehead atoms. The summed E-state index contributed by atoms with van der Waals surface area (Å²) in [5.41, 5.74) is 6.93. The summed E-state index contributed by atoms with van der Waals surface area (Å²) < 4.78 is 16.4. The number of benzene rings is 1. The maximum atomic E-state index is 5.82. The van der Waals surface area contributed by atoms with Gasteiger partial charge in [0.15, 0.2) is 0 Å². The molecule has 1 saturated heterocycles. The normalized spacial score (nSPS) is 24.2. The number of morpholine rings is 1. The van der Waals surface area contributed by atoms with Crippen molar-refractivity contribution in [3.05, 3.63) is 23.8 Å². The van der Waals surface area contributed by atoms with Gasteiger partial charge in [-0.3, -0.25) is 4.90 Å². The predicted molar refractivity (Wildman–Crippen MR) is 73.7 cm³/mol. The second-order valence-corrected chi connectivity index (χ2v) is 4.72. The number of nitrogens with zero attached hydrogens (tertiary/aromatic N) is 1. The molecule has 106 valence electrons. The van der Waals surface area contributed by atoms with Crippen molar-refractivity contribution >= 4 is 0 Å². The molecular weight excluding hydrogens is 244 g/mol. The van der Waals surface area contributed by atoms with Crippen molar-refractivity contribution in [1.29, 1.82) is 0 Å². The fraction of sp³-hybridized carbons (Fsp3) is 0.571. The first-order chi connectivity index (χ1) is 9.19. The molecular formula is C14H22N2O3. The average molecular weight is 266 g/mol. The summed E-state index contributed by atoms with van der Waals surface area (Å²) in [5, 5.41) is 0. The zero-order valence-corrected chi connectivity index (χ0v) is 11.8. The molecule has 0 saturated carbocycles. The molecule has 0 aromatic heterocycles. The van der Waals surface area contributed by atoms with Crippen molar-refractivity contribution in [2.24, 2.45) is 5.73 Å². The standard InChI is InChI=1S/C14H22N2O3/c1-16-4-5-19-13(9-15)14(16)10-6-11(17-2)8-12(7-10)18-3/h6-8,13-14H,4-5,9,15H2,1-3H3. The Bertz CT molecular complexity index is 403. The number of ether oxygens (including phenoxy) is 3. The van der Waals surface area contributed by atoms with Crippen LogP contribution in [0.15, 0.2) is 18.2 Å². The van der Waals surface area contributed by atoms with E-state index in [1.54, 1.807) is 14.2 Å². The van der Waals surface area contributed by atoms with Gasteiger partial charge in [-0.15, -0.1) is 0 Å². The molecule has 0 radical (unpaired) electrons. The largest absolute Gasteiger partial charge is 0.497 e. The summed E-state index contributed by atoms with van der Waals surface area (Å²) in [4.78, 5) is 2.26. The zero-order valence-electron chi connectivity index (χ0n) is 11.8. The van der Waals surface area contributed by atoms with Gasteiger partial charge in [0.2, 0.25) is 0 Å². The number of likely N-dealkylation sites (N-methyl/N-ethyl adjacent to an activating group) is 1. The van der Waals surface area contributed by atoms with Gasteiger partial charge < -0.3 is 19.9 Å². The summed E-state index contributed by atoms with van der Waals surface area (Å²) in [6.07, 6.45) is -0.00411. The zero-order chi connectivity index (χ0) is 13.8. The molecule has 0 aliphatic carbocycles. The molecule has 1 aliphatic rings. The lowest BCUT2D eigenvalue weighted by Crippen LogP contribution is -2.46. The highest BCUT2D eigenvalue weighted by Gasteiger charge is 2.31. The van der Waals surface area contributed by atoms with Gasteiger partial charge in [-0.2, -0.15) is 0 Å². The first-order valence-corrected chi connectivity index (χ1v) is 6.44. The van der Waals surface area contributed by atoms with Crippen LogP contribution in [0.1, 0.15) is 11.6 Å². The van der Waals surface area contributed by atoms with Crippen LogP contribution in [0.5, 0.6) is 11.5 Å². The van der Waals surface area contributed by atoms with Crippen molar-refractivity contribution in [1.82, 2.24) is 4.90 Å². The maximum Gasteiger partial charge on any atom is 0.122 e. The van der Waals surface area contributed by atoms with Crippen LogP contribution in [-0.2, 0) is 4.74 Å². The van der Waals surface area contributed by atoms with E-state index in [4.69, 9.17) is 19.9 Å². The molecule has 0 spiro atoms. The van der Waals surface area contributed by atoms with Crippen molar-refractivity contribution < 1.29 is 14.2 Å². The molecule has 19 heavy (non-hydrogen) atoms. The molecule has 1 heterocycles. The van der Waals surface area contributed by atoms with E-state index >= 15 is 0 Å². The Morgan fingerprint density at radius 1 is 1.26 bits per heavy atom. The lowest BCUT2D eigenvalue weighted by atomic mass is 9.98. The number of hydrogen-bond acceptors (Lipinski definition) is 5. The van der Waals surface area contributed by atoms with Gasteiger partial charge in [0.1, 0.15) is 11.5 Å². The fourth-order valence-electron chi connectivity index (χ4n) is 2.53. The van der Waals surface area contributed by atoms with Gasteiger partial charge >= 0.3 is 0 Å². The van der Waals surface area contributed by atoms with Gasteiger partial charge in [-0.05, 0) is 24.7 Å². The third-order valence-electron chi connectivity index (χ3n) is 3.55. The molecule has 1 aromatic carbocycles. The highest BCUT2D eigenvalue weighted by molar-refractivity contribution is 5.40. The van der Waals surface area contributed by atoms with Crippen LogP contribution < -0.4 is 15.2 Å². The fourth-order valence-corrected chi connectivity index (χ4v) is 2.53. The molecule has 1 fully saturated rings. The Labute approximate surface area is 114 Å². The highest BCUT2D eigenvalue weighted by atomic mass is 16.5. The molecule has 2 N–H and O–H groups in total.